The average molecular weight is 271 g/mol. The predicted molar refractivity (Wildman–Crippen MR) is 69.3 cm³/mol. The summed E-state index contributed by atoms with van der Waals surface area (Å²) >= 11 is 0. The van der Waals surface area contributed by atoms with E-state index in [4.69, 9.17) is 5.73 Å². The molecule has 0 atom stereocenters. The highest BCUT2D eigenvalue weighted by atomic mass is 32.2. The van der Waals surface area contributed by atoms with Crippen LogP contribution in [0.1, 0.15) is 13.3 Å². The summed E-state index contributed by atoms with van der Waals surface area (Å²) in [6.45, 7) is 2.40. The maximum Gasteiger partial charge on any atom is 0.240 e. The van der Waals surface area contributed by atoms with E-state index in [2.05, 4.69) is 10.0 Å². The molecule has 7 heteroatoms. The Morgan fingerprint density at radius 1 is 1.28 bits per heavy atom. The number of rotatable bonds is 6. The fourth-order valence-electron chi connectivity index (χ4n) is 1.31. The van der Waals surface area contributed by atoms with Crippen molar-refractivity contribution in [2.24, 2.45) is 0 Å². The Hall–Kier alpha value is -1.60. The lowest BCUT2D eigenvalue weighted by atomic mass is 10.3. The van der Waals surface area contributed by atoms with E-state index in [0.717, 1.165) is 0 Å². The second-order valence-electron chi connectivity index (χ2n) is 3.67. The summed E-state index contributed by atoms with van der Waals surface area (Å²) in [6.07, 6.45) is 0.113. The third-order valence-electron chi connectivity index (χ3n) is 2.21. The van der Waals surface area contributed by atoms with Gasteiger partial charge in [-0.3, -0.25) is 4.79 Å². The molecule has 4 N–H and O–H groups in total. The summed E-state index contributed by atoms with van der Waals surface area (Å²) in [7, 11) is -3.57. The minimum Gasteiger partial charge on any atom is -0.399 e. The average Bonchev–Trinajstić information content (AvgIpc) is 2.29. The number of nitrogen functional groups attached to an aromatic ring is 1. The van der Waals surface area contributed by atoms with E-state index in [9.17, 15) is 13.2 Å². The van der Waals surface area contributed by atoms with Gasteiger partial charge in [0.2, 0.25) is 15.9 Å². The third kappa shape index (κ3) is 4.34. The van der Waals surface area contributed by atoms with Gasteiger partial charge in [-0.2, -0.15) is 0 Å². The normalized spacial score (nSPS) is 11.2. The second kappa shape index (κ2) is 6.36. The number of hydrogen-bond donors (Lipinski definition) is 3. The van der Waals surface area contributed by atoms with E-state index in [1.165, 1.54) is 24.3 Å². The highest BCUT2D eigenvalue weighted by Crippen LogP contribution is 2.11. The van der Waals surface area contributed by atoms with E-state index < -0.39 is 10.0 Å². The first kappa shape index (κ1) is 14.5. The van der Waals surface area contributed by atoms with E-state index in [1.807, 2.05) is 0 Å². The van der Waals surface area contributed by atoms with Crippen molar-refractivity contribution >= 4 is 21.6 Å². The maximum absolute atomic E-state index is 11.8. The Bertz CT molecular complexity index is 497. The summed E-state index contributed by atoms with van der Waals surface area (Å²) in [6, 6.07) is 5.87. The summed E-state index contributed by atoms with van der Waals surface area (Å²) in [5, 5.41) is 2.59. The van der Waals surface area contributed by atoms with Gasteiger partial charge in [0.15, 0.2) is 0 Å². The fourth-order valence-corrected chi connectivity index (χ4v) is 2.35. The molecule has 0 bridgehead atoms. The Morgan fingerprint density at radius 2 is 1.89 bits per heavy atom. The summed E-state index contributed by atoms with van der Waals surface area (Å²) < 4.78 is 26.0. The van der Waals surface area contributed by atoms with Crippen molar-refractivity contribution in [1.82, 2.24) is 10.0 Å². The van der Waals surface area contributed by atoms with Crippen LogP contribution in [0.15, 0.2) is 29.2 Å². The Labute approximate surface area is 107 Å². The van der Waals surface area contributed by atoms with Crippen LogP contribution in [0, 0.1) is 0 Å². The first-order valence-electron chi connectivity index (χ1n) is 5.57. The van der Waals surface area contributed by atoms with Crippen LogP contribution in [0.2, 0.25) is 0 Å². The lowest BCUT2D eigenvalue weighted by Gasteiger charge is -2.07. The monoisotopic (exact) mass is 271 g/mol. The number of nitrogens with one attached hydrogen (secondary N) is 2. The molecule has 18 heavy (non-hydrogen) atoms. The first-order chi connectivity index (χ1) is 8.45. The first-order valence-corrected chi connectivity index (χ1v) is 7.06. The number of sulfonamides is 1. The van der Waals surface area contributed by atoms with E-state index in [-0.39, 0.29) is 23.8 Å². The van der Waals surface area contributed by atoms with Crippen LogP contribution < -0.4 is 15.8 Å². The van der Waals surface area contributed by atoms with Crippen LogP contribution in [0.4, 0.5) is 5.69 Å². The molecule has 1 aromatic rings. The van der Waals surface area contributed by atoms with Gasteiger partial charge in [-0.05, 0) is 31.2 Å². The third-order valence-corrected chi connectivity index (χ3v) is 3.69. The molecule has 0 spiro atoms. The van der Waals surface area contributed by atoms with Crippen LogP contribution >= 0.6 is 0 Å². The molecule has 0 saturated heterocycles. The zero-order chi connectivity index (χ0) is 13.6. The van der Waals surface area contributed by atoms with Crippen LogP contribution in [-0.2, 0) is 14.8 Å². The lowest BCUT2D eigenvalue weighted by Crippen LogP contribution is -2.30. The zero-order valence-electron chi connectivity index (χ0n) is 10.1. The van der Waals surface area contributed by atoms with Gasteiger partial charge in [-0.1, -0.05) is 0 Å². The van der Waals surface area contributed by atoms with Crippen LogP contribution in [-0.4, -0.2) is 27.4 Å². The van der Waals surface area contributed by atoms with Crippen LogP contribution in [0.5, 0.6) is 0 Å². The molecule has 0 aliphatic carbocycles. The maximum atomic E-state index is 11.8. The predicted octanol–water partition coefficient (Wildman–Crippen LogP) is 0.0733. The van der Waals surface area contributed by atoms with Gasteiger partial charge in [-0.15, -0.1) is 0 Å². The molecule has 0 aromatic heterocycles. The van der Waals surface area contributed by atoms with Gasteiger partial charge < -0.3 is 11.1 Å². The minimum atomic E-state index is -3.57. The quantitative estimate of drug-likeness (QED) is 0.637. The molecular weight excluding hydrogens is 254 g/mol. The van der Waals surface area contributed by atoms with Crippen molar-refractivity contribution in [3.05, 3.63) is 24.3 Å². The van der Waals surface area contributed by atoms with E-state index in [0.29, 0.717) is 12.2 Å². The van der Waals surface area contributed by atoms with E-state index in [1.54, 1.807) is 6.92 Å². The Balaban J connectivity index is 2.55. The lowest BCUT2D eigenvalue weighted by molar-refractivity contribution is -0.120. The molecule has 0 unspecified atom stereocenters. The van der Waals surface area contributed by atoms with Gasteiger partial charge in [-0.25, -0.2) is 13.1 Å². The highest BCUT2D eigenvalue weighted by Gasteiger charge is 2.13. The largest absolute Gasteiger partial charge is 0.399 e. The smallest absolute Gasteiger partial charge is 0.240 e. The molecule has 0 radical (unpaired) electrons. The van der Waals surface area contributed by atoms with Gasteiger partial charge >= 0.3 is 0 Å². The van der Waals surface area contributed by atoms with Crippen molar-refractivity contribution < 1.29 is 13.2 Å². The molecule has 0 heterocycles. The topological polar surface area (TPSA) is 101 Å². The number of anilines is 1. The van der Waals surface area contributed by atoms with Crippen molar-refractivity contribution in [1.29, 1.82) is 0 Å². The van der Waals surface area contributed by atoms with Crippen LogP contribution in [0.3, 0.4) is 0 Å². The van der Waals surface area contributed by atoms with Gasteiger partial charge in [0.05, 0.1) is 4.90 Å². The molecule has 1 aromatic carbocycles. The molecule has 0 fully saturated rings. The number of benzene rings is 1. The fraction of sp³-hybridized carbons (Fsp3) is 0.364. The minimum absolute atomic E-state index is 0.0680. The molecular formula is C11H17N3O3S. The molecule has 1 rings (SSSR count). The van der Waals surface area contributed by atoms with Crippen molar-refractivity contribution in [3.8, 4) is 0 Å². The van der Waals surface area contributed by atoms with Crippen molar-refractivity contribution in [2.45, 2.75) is 18.2 Å². The molecule has 1 amide bonds. The molecule has 100 valence electrons. The summed E-state index contributed by atoms with van der Waals surface area (Å²) in [4.78, 5) is 11.3. The zero-order valence-corrected chi connectivity index (χ0v) is 11.0. The summed E-state index contributed by atoms with van der Waals surface area (Å²) in [5.41, 5.74) is 5.97. The van der Waals surface area contributed by atoms with Gasteiger partial charge in [0.25, 0.3) is 0 Å². The molecule has 0 saturated carbocycles. The standard InChI is InChI=1S/C11H17N3O3S/c1-2-13-11(15)7-8-14-18(16,17)10-5-3-9(12)4-6-10/h3-6,14H,2,7-8,12H2,1H3,(H,13,15). The van der Waals surface area contributed by atoms with Crippen LogP contribution in [0.25, 0.3) is 0 Å². The second-order valence-corrected chi connectivity index (χ2v) is 5.44. The van der Waals surface area contributed by atoms with Crippen molar-refractivity contribution in [2.75, 3.05) is 18.8 Å². The van der Waals surface area contributed by atoms with E-state index >= 15 is 0 Å². The summed E-state index contributed by atoms with van der Waals surface area (Å²) in [5.74, 6) is -0.183. The molecule has 0 aliphatic rings. The number of amides is 1. The number of nitrogens with two attached hydrogens (primary N) is 1. The Morgan fingerprint density at radius 3 is 2.44 bits per heavy atom. The number of carbonyl (C=O) groups excluding carboxylic acids is 1. The highest BCUT2D eigenvalue weighted by molar-refractivity contribution is 7.89. The van der Waals surface area contributed by atoms with Crippen molar-refractivity contribution in [3.63, 3.8) is 0 Å². The molecule has 0 aliphatic heterocycles. The van der Waals surface area contributed by atoms with Gasteiger partial charge in [0.1, 0.15) is 0 Å². The molecule has 6 nitrogen and oxygen atoms in total. The SMILES string of the molecule is CCNC(=O)CCNS(=O)(=O)c1ccc(N)cc1. The Kier molecular flexibility index (Phi) is 5.11. The van der Waals surface area contributed by atoms with Gasteiger partial charge in [0, 0.05) is 25.2 Å². The number of hydrogen-bond acceptors (Lipinski definition) is 4. The number of carbonyl (C=O) groups is 1.